The Morgan fingerprint density at radius 1 is 0.889 bits per heavy atom. The fourth-order valence-corrected chi connectivity index (χ4v) is 1.39. The first-order valence-corrected chi connectivity index (χ1v) is 5.16. The van der Waals surface area contributed by atoms with E-state index in [0.29, 0.717) is 5.56 Å². The van der Waals surface area contributed by atoms with Crippen LogP contribution in [0.5, 0.6) is 0 Å². The highest BCUT2D eigenvalue weighted by atomic mass is 16.7. The summed E-state index contributed by atoms with van der Waals surface area (Å²) in [4.78, 5) is 23.8. The zero-order chi connectivity index (χ0) is 13.5. The fourth-order valence-electron chi connectivity index (χ4n) is 1.39. The topological polar surface area (TPSA) is 61.8 Å². The summed E-state index contributed by atoms with van der Waals surface area (Å²) in [6, 6.07) is 8.34. The van der Waals surface area contributed by atoms with Gasteiger partial charge in [0.05, 0.1) is 21.3 Å². The van der Waals surface area contributed by atoms with Gasteiger partial charge in [0.25, 0.3) is 5.95 Å². The lowest BCUT2D eigenvalue weighted by molar-refractivity contribution is -0.136. The van der Waals surface area contributed by atoms with Gasteiger partial charge in [-0.3, -0.25) is 4.79 Å². The monoisotopic (exact) mass is 250 g/mol. The quantitative estimate of drug-likeness (QED) is 0.198. The number of rotatable bonds is 5. The van der Waals surface area contributed by atoms with Crippen LogP contribution < -0.4 is 0 Å². The van der Waals surface area contributed by atoms with Crippen LogP contribution in [0.3, 0.4) is 0 Å². The van der Waals surface area contributed by atoms with Crippen LogP contribution in [0, 0.1) is 0 Å². The third-order valence-corrected chi connectivity index (χ3v) is 2.23. The van der Waals surface area contributed by atoms with Crippen LogP contribution >= 0.6 is 0 Å². The Hall–Kier alpha value is -2.30. The van der Waals surface area contributed by atoms with E-state index in [2.05, 4.69) is 4.74 Å². The number of carbonyl (C=O) groups is 2. The van der Waals surface area contributed by atoms with Gasteiger partial charge in [0, 0.05) is 5.56 Å². The van der Waals surface area contributed by atoms with Crippen LogP contribution in [0.15, 0.2) is 41.9 Å². The van der Waals surface area contributed by atoms with Gasteiger partial charge in [0.1, 0.15) is 0 Å². The maximum absolute atomic E-state index is 12.2. The molecule has 1 rings (SSSR count). The maximum atomic E-state index is 12.2. The Morgan fingerprint density at radius 3 is 1.89 bits per heavy atom. The molecule has 0 unspecified atom stereocenters. The minimum absolute atomic E-state index is 0.171. The van der Waals surface area contributed by atoms with E-state index < -0.39 is 11.8 Å². The van der Waals surface area contributed by atoms with E-state index in [0.717, 1.165) is 0 Å². The molecule has 0 aliphatic rings. The largest absolute Gasteiger partial charge is 0.468 e. The summed E-state index contributed by atoms with van der Waals surface area (Å²) in [6.45, 7) is 0. The molecule has 18 heavy (non-hydrogen) atoms. The van der Waals surface area contributed by atoms with Crippen molar-refractivity contribution in [2.45, 2.75) is 0 Å². The van der Waals surface area contributed by atoms with E-state index in [-0.39, 0.29) is 11.5 Å². The van der Waals surface area contributed by atoms with Gasteiger partial charge in [0.2, 0.25) is 5.78 Å². The van der Waals surface area contributed by atoms with Crippen molar-refractivity contribution < 1.29 is 23.8 Å². The molecule has 5 heteroatoms. The second kappa shape index (κ2) is 6.44. The summed E-state index contributed by atoms with van der Waals surface area (Å²) in [6.07, 6.45) is 0. The Kier molecular flexibility index (Phi) is 4.92. The number of methoxy groups -OCH3 is 3. The molecule has 1 aromatic carbocycles. The Bertz CT molecular complexity index is 456. The van der Waals surface area contributed by atoms with E-state index in [9.17, 15) is 9.59 Å². The molecule has 0 saturated heterocycles. The van der Waals surface area contributed by atoms with Gasteiger partial charge in [-0.25, -0.2) is 4.79 Å². The van der Waals surface area contributed by atoms with Crippen LogP contribution in [0.25, 0.3) is 0 Å². The number of Topliss-reactive ketones (excluding diaryl/α,β-unsaturated/α-hetero) is 1. The normalized spacial score (nSPS) is 9.28. The van der Waals surface area contributed by atoms with Crippen molar-refractivity contribution in [2.24, 2.45) is 0 Å². The zero-order valence-electron chi connectivity index (χ0n) is 10.4. The summed E-state index contributed by atoms with van der Waals surface area (Å²) in [5.41, 5.74) is 0.0817. The molecule has 0 heterocycles. The van der Waals surface area contributed by atoms with Gasteiger partial charge >= 0.3 is 5.97 Å². The molecule has 0 amide bonds. The van der Waals surface area contributed by atoms with Crippen LogP contribution in [-0.2, 0) is 19.0 Å². The standard InChI is InChI=1S/C13H14O5/c1-16-12(15)10(13(17-2)18-3)11(14)9-7-5-4-6-8-9/h4-8H,1-3H3. The molecule has 0 aliphatic heterocycles. The highest BCUT2D eigenvalue weighted by molar-refractivity contribution is 6.24. The minimum atomic E-state index is -0.803. The van der Waals surface area contributed by atoms with Crippen molar-refractivity contribution in [3.63, 3.8) is 0 Å². The fraction of sp³-hybridized carbons (Fsp3) is 0.231. The Morgan fingerprint density at radius 2 is 1.44 bits per heavy atom. The van der Waals surface area contributed by atoms with E-state index in [4.69, 9.17) is 9.47 Å². The lowest BCUT2D eigenvalue weighted by atomic mass is 10.0. The molecule has 0 aliphatic carbocycles. The van der Waals surface area contributed by atoms with Crippen molar-refractivity contribution in [2.75, 3.05) is 21.3 Å². The van der Waals surface area contributed by atoms with Crippen molar-refractivity contribution in [3.8, 4) is 0 Å². The Labute approximate surface area is 105 Å². The molecule has 0 aromatic heterocycles. The predicted octanol–water partition coefficient (Wildman–Crippen LogP) is 1.55. The molecule has 5 nitrogen and oxygen atoms in total. The number of hydrogen-bond donors (Lipinski definition) is 0. The summed E-state index contributed by atoms with van der Waals surface area (Å²) >= 11 is 0. The first-order chi connectivity index (χ1) is 8.65. The number of benzene rings is 1. The summed E-state index contributed by atoms with van der Waals surface area (Å²) < 4.78 is 14.3. The van der Waals surface area contributed by atoms with E-state index >= 15 is 0 Å². The molecule has 0 N–H and O–H groups in total. The lowest BCUT2D eigenvalue weighted by Crippen LogP contribution is -2.18. The molecule has 1 aromatic rings. The second-order valence-electron chi connectivity index (χ2n) is 3.26. The molecule has 0 spiro atoms. The average molecular weight is 250 g/mol. The zero-order valence-corrected chi connectivity index (χ0v) is 10.4. The van der Waals surface area contributed by atoms with Gasteiger partial charge in [0.15, 0.2) is 5.57 Å². The summed E-state index contributed by atoms with van der Waals surface area (Å²) in [5, 5.41) is 0. The number of ether oxygens (including phenoxy) is 3. The maximum Gasteiger partial charge on any atom is 0.349 e. The third kappa shape index (κ3) is 2.88. The van der Waals surface area contributed by atoms with E-state index in [1.54, 1.807) is 30.3 Å². The SMILES string of the molecule is COC(=O)C(C(=O)c1ccccc1)=C(OC)OC. The molecule has 0 fully saturated rings. The predicted molar refractivity (Wildman–Crippen MR) is 63.8 cm³/mol. The van der Waals surface area contributed by atoms with Crippen LogP contribution in [0.1, 0.15) is 10.4 Å². The average Bonchev–Trinajstić information content (AvgIpc) is 2.44. The smallest absolute Gasteiger partial charge is 0.349 e. The molecular formula is C13H14O5. The Balaban J connectivity index is 3.25. The third-order valence-electron chi connectivity index (χ3n) is 2.23. The molecule has 0 bridgehead atoms. The van der Waals surface area contributed by atoms with Crippen LogP contribution in [0.4, 0.5) is 0 Å². The minimum Gasteiger partial charge on any atom is -0.468 e. The van der Waals surface area contributed by atoms with Gasteiger partial charge in [-0.2, -0.15) is 0 Å². The molecule has 96 valence electrons. The first-order valence-electron chi connectivity index (χ1n) is 5.16. The van der Waals surface area contributed by atoms with Gasteiger partial charge in [-0.05, 0) is 0 Å². The number of esters is 1. The van der Waals surface area contributed by atoms with Gasteiger partial charge in [-0.15, -0.1) is 0 Å². The number of carbonyl (C=O) groups excluding carboxylic acids is 2. The number of ketones is 1. The van der Waals surface area contributed by atoms with E-state index in [1.807, 2.05) is 0 Å². The highest BCUT2D eigenvalue weighted by Gasteiger charge is 2.27. The molecule has 0 radical (unpaired) electrons. The van der Waals surface area contributed by atoms with Crippen LogP contribution in [0.2, 0.25) is 0 Å². The molecule has 0 saturated carbocycles. The highest BCUT2D eigenvalue weighted by Crippen LogP contribution is 2.15. The summed E-state index contributed by atoms with van der Waals surface area (Å²) in [7, 11) is 3.80. The van der Waals surface area contributed by atoms with Crippen molar-refractivity contribution in [1.29, 1.82) is 0 Å². The van der Waals surface area contributed by atoms with Crippen molar-refractivity contribution in [3.05, 3.63) is 47.4 Å². The molecular weight excluding hydrogens is 236 g/mol. The van der Waals surface area contributed by atoms with Crippen molar-refractivity contribution in [1.82, 2.24) is 0 Å². The van der Waals surface area contributed by atoms with Crippen molar-refractivity contribution >= 4 is 11.8 Å². The molecule has 0 atom stereocenters. The van der Waals surface area contributed by atoms with Gasteiger partial charge < -0.3 is 14.2 Å². The summed E-state index contributed by atoms with van der Waals surface area (Å²) in [5.74, 6) is -1.49. The van der Waals surface area contributed by atoms with Crippen LogP contribution in [-0.4, -0.2) is 33.1 Å². The van der Waals surface area contributed by atoms with E-state index in [1.165, 1.54) is 21.3 Å². The first kappa shape index (κ1) is 13.8. The second-order valence-corrected chi connectivity index (χ2v) is 3.26. The van der Waals surface area contributed by atoms with Gasteiger partial charge in [-0.1, -0.05) is 30.3 Å². The lowest BCUT2D eigenvalue weighted by Gasteiger charge is -2.10. The number of hydrogen-bond acceptors (Lipinski definition) is 5.